The number of hydrogen-bond donors (Lipinski definition) is 0. The SMILES string of the molecule is CCN1CCC(CN2CCOCC2)CC1. The van der Waals surface area contributed by atoms with Crippen LogP contribution in [-0.2, 0) is 4.74 Å². The monoisotopic (exact) mass is 212 g/mol. The number of piperidine rings is 1. The molecule has 15 heavy (non-hydrogen) atoms. The zero-order valence-electron chi connectivity index (χ0n) is 9.95. The molecule has 0 aromatic rings. The van der Waals surface area contributed by atoms with E-state index < -0.39 is 0 Å². The van der Waals surface area contributed by atoms with Crippen LogP contribution in [0.3, 0.4) is 0 Å². The second-order valence-corrected chi connectivity index (χ2v) is 4.79. The van der Waals surface area contributed by atoms with Gasteiger partial charge in [-0.25, -0.2) is 0 Å². The van der Waals surface area contributed by atoms with Crippen LogP contribution in [0.1, 0.15) is 19.8 Å². The van der Waals surface area contributed by atoms with Crippen molar-refractivity contribution in [1.82, 2.24) is 9.80 Å². The smallest absolute Gasteiger partial charge is 0.0594 e. The summed E-state index contributed by atoms with van der Waals surface area (Å²) in [5.41, 5.74) is 0. The molecule has 2 aliphatic heterocycles. The Morgan fingerprint density at radius 1 is 1.00 bits per heavy atom. The summed E-state index contributed by atoms with van der Waals surface area (Å²) in [7, 11) is 0. The van der Waals surface area contributed by atoms with Crippen LogP contribution in [0.25, 0.3) is 0 Å². The maximum Gasteiger partial charge on any atom is 0.0594 e. The lowest BCUT2D eigenvalue weighted by molar-refractivity contribution is 0.0247. The fourth-order valence-corrected chi connectivity index (χ4v) is 2.63. The lowest BCUT2D eigenvalue weighted by Gasteiger charge is -2.35. The lowest BCUT2D eigenvalue weighted by atomic mass is 9.96. The van der Waals surface area contributed by atoms with Gasteiger partial charge in [0.2, 0.25) is 0 Å². The van der Waals surface area contributed by atoms with Crippen molar-refractivity contribution < 1.29 is 4.74 Å². The molecule has 2 aliphatic rings. The van der Waals surface area contributed by atoms with E-state index in [0.717, 1.165) is 32.2 Å². The Morgan fingerprint density at radius 3 is 2.27 bits per heavy atom. The number of rotatable bonds is 3. The largest absolute Gasteiger partial charge is 0.379 e. The number of morpholine rings is 1. The maximum absolute atomic E-state index is 5.37. The minimum Gasteiger partial charge on any atom is -0.379 e. The van der Waals surface area contributed by atoms with Gasteiger partial charge in [-0.05, 0) is 38.4 Å². The Balaban J connectivity index is 1.67. The molecule has 2 rings (SSSR count). The van der Waals surface area contributed by atoms with Crippen molar-refractivity contribution in [1.29, 1.82) is 0 Å². The number of hydrogen-bond acceptors (Lipinski definition) is 3. The quantitative estimate of drug-likeness (QED) is 0.695. The van der Waals surface area contributed by atoms with E-state index in [4.69, 9.17) is 4.74 Å². The van der Waals surface area contributed by atoms with Crippen LogP contribution < -0.4 is 0 Å². The molecule has 2 fully saturated rings. The number of ether oxygens (including phenoxy) is 1. The van der Waals surface area contributed by atoms with Crippen molar-refractivity contribution in [3.05, 3.63) is 0 Å². The molecule has 0 N–H and O–H groups in total. The van der Waals surface area contributed by atoms with Crippen molar-refractivity contribution in [2.45, 2.75) is 19.8 Å². The Morgan fingerprint density at radius 2 is 1.67 bits per heavy atom. The molecule has 0 atom stereocenters. The van der Waals surface area contributed by atoms with E-state index in [0.29, 0.717) is 0 Å². The third-order valence-electron chi connectivity index (χ3n) is 3.77. The molecule has 88 valence electrons. The van der Waals surface area contributed by atoms with Gasteiger partial charge in [0.1, 0.15) is 0 Å². The summed E-state index contributed by atoms with van der Waals surface area (Å²) in [6.07, 6.45) is 2.79. The third kappa shape index (κ3) is 3.44. The first-order chi connectivity index (χ1) is 7.38. The van der Waals surface area contributed by atoms with Crippen LogP contribution in [0, 0.1) is 5.92 Å². The van der Waals surface area contributed by atoms with Gasteiger partial charge in [0.15, 0.2) is 0 Å². The highest BCUT2D eigenvalue weighted by molar-refractivity contribution is 4.75. The summed E-state index contributed by atoms with van der Waals surface area (Å²) < 4.78 is 5.37. The molecule has 0 radical (unpaired) electrons. The van der Waals surface area contributed by atoms with Crippen molar-refractivity contribution in [2.75, 3.05) is 52.5 Å². The Bertz CT molecular complexity index is 172. The van der Waals surface area contributed by atoms with Gasteiger partial charge in [0.25, 0.3) is 0 Å². The lowest BCUT2D eigenvalue weighted by Crippen LogP contribution is -2.42. The molecule has 2 heterocycles. The van der Waals surface area contributed by atoms with E-state index in [1.165, 1.54) is 39.0 Å². The summed E-state index contributed by atoms with van der Waals surface area (Å²) >= 11 is 0. The summed E-state index contributed by atoms with van der Waals surface area (Å²) in [5.74, 6) is 0.936. The molecule has 0 aromatic heterocycles. The van der Waals surface area contributed by atoms with Crippen LogP contribution in [0.2, 0.25) is 0 Å². The fourth-order valence-electron chi connectivity index (χ4n) is 2.63. The summed E-state index contributed by atoms with van der Waals surface area (Å²) in [6.45, 7) is 11.6. The molecule has 0 bridgehead atoms. The van der Waals surface area contributed by atoms with Gasteiger partial charge in [-0.2, -0.15) is 0 Å². The number of likely N-dealkylation sites (tertiary alicyclic amines) is 1. The minimum absolute atomic E-state index is 0.936. The van der Waals surface area contributed by atoms with Gasteiger partial charge < -0.3 is 9.64 Å². The van der Waals surface area contributed by atoms with Crippen molar-refractivity contribution in [2.24, 2.45) is 5.92 Å². The average Bonchev–Trinajstić information content (AvgIpc) is 2.31. The Hall–Kier alpha value is -0.120. The molecule has 0 aliphatic carbocycles. The highest BCUT2D eigenvalue weighted by Crippen LogP contribution is 2.18. The van der Waals surface area contributed by atoms with Gasteiger partial charge in [-0.3, -0.25) is 4.90 Å². The molecular weight excluding hydrogens is 188 g/mol. The second kappa shape index (κ2) is 5.83. The molecule has 0 unspecified atom stereocenters. The van der Waals surface area contributed by atoms with Crippen molar-refractivity contribution in [3.63, 3.8) is 0 Å². The fraction of sp³-hybridized carbons (Fsp3) is 1.00. The van der Waals surface area contributed by atoms with Gasteiger partial charge in [0, 0.05) is 19.6 Å². The first-order valence-corrected chi connectivity index (χ1v) is 6.41. The average molecular weight is 212 g/mol. The predicted molar refractivity (Wildman–Crippen MR) is 62.1 cm³/mol. The van der Waals surface area contributed by atoms with Crippen LogP contribution in [0.5, 0.6) is 0 Å². The second-order valence-electron chi connectivity index (χ2n) is 4.79. The van der Waals surface area contributed by atoms with Crippen LogP contribution in [-0.4, -0.2) is 62.3 Å². The standard InChI is InChI=1S/C12H24N2O/c1-2-13-5-3-12(4-6-13)11-14-7-9-15-10-8-14/h12H,2-11H2,1H3. The van der Waals surface area contributed by atoms with Crippen molar-refractivity contribution in [3.8, 4) is 0 Å². The van der Waals surface area contributed by atoms with Gasteiger partial charge in [-0.1, -0.05) is 6.92 Å². The van der Waals surface area contributed by atoms with Crippen molar-refractivity contribution >= 4 is 0 Å². The predicted octanol–water partition coefficient (Wildman–Crippen LogP) is 1.05. The van der Waals surface area contributed by atoms with E-state index in [1.54, 1.807) is 0 Å². The van der Waals surface area contributed by atoms with E-state index in [2.05, 4.69) is 16.7 Å². The van der Waals surface area contributed by atoms with Gasteiger partial charge >= 0.3 is 0 Å². The first kappa shape index (κ1) is 11.4. The molecule has 0 saturated carbocycles. The zero-order chi connectivity index (χ0) is 10.5. The van der Waals surface area contributed by atoms with E-state index >= 15 is 0 Å². The van der Waals surface area contributed by atoms with Crippen LogP contribution >= 0.6 is 0 Å². The minimum atomic E-state index is 0.936. The van der Waals surface area contributed by atoms with E-state index in [9.17, 15) is 0 Å². The maximum atomic E-state index is 5.37. The first-order valence-electron chi connectivity index (χ1n) is 6.41. The van der Waals surface area contributed by atoms with E-state index in [-0.39, 0.29) is 0 Å². The van der Waals surface area contributed by atoms with Gasteiger partial charge in [0.05, 0.1) is 13.2 Å². The number of nitrogens with zero attached hydrogens (tertiary/aromatic N) is 2. The molecule has 2 saturated heterocycles. The van der Waals surface area contributed by atoms with Gasteiger partial charge in [-0.15, -0.1) is 0 Å². The molecular formula is C12H24N2O. The zero-order valence-corrected chi connectivity index (χ0v) is 9.95. The molecule has 3 nitrogen and oxygen atoms in total. The van der Waals surface area contributed by atoms with E-state index in [1.807, 2.05) is 0 Å². The Kier molecular flexibility index (Phi) is 4.42. The highest BCUT2D eigenvalue weighted by atomic mass is 16.5. The topological polar surface area (TPSA) is 15.7 Å². The highest BCUT2D eigenvalue weighted by Gasteiger charge is 2.21. The molecule has 0 spiro atoms. The summed E-state index contributed by atoms with van der Waals surface area (Å²) in [6, 6.07) is 0. The molecule has 0 amide bonds. The molecule has 0 aromatic carbocycles. The third-order valence-corrected chi connectivity index (χ3v) is 3.77. The molecule has 3 heteroatoms. The normalized spacial score (nSPS) is 27.0. The summed E-state index contributed by atoms with van der Waals surface area (Å²) in [4.78, 5) is 5.14. The Labute approximate surface area is 93.4 Å². The van der Waals surface area contributed by atoms with Crippen LogP contribution in [0.4, 0.5) is 0 Å². The summed E-state index contributed by atoms with van der Waals surface area (Å²) in [5, 5.41) is 0. The van der Waals surface area contributed by atoms with Crippen LogP contribution in [0.15, 0.2) is 0 Å².